The fourth-order valence-corrected chi connectivity index (χ4v) is 4.45. The summed E-state index contributed by atoms with van der Waals surface area (Å²) in [6.45, 7) is 3.13. The van der Waals surface area contributed by atoms with Gasteiger partial charge in [0.25, 0.3) is 0 Å². The molecule has 2 aromatic carbocycles. The topological polar surface area (TPSA) is 23.6 Å². The second-order valence-corrected chi connectivity index (χ2v) is 9.10. The molecule has 1 fully saturated rings. The first-order valence-electron chi connectivity index (χ1n) is 9.50. The number of carbonyl (C=O) groups excluding carboxylic acids is 1. The van der Waals surface area contributed by atoms with Crippen molar-refractivity contribution in [2.45, 2.75) is 24.4 Å². The van der Waals surface area contributed by atoms with Crippen molar-refractivity contribution < 1.29 is 22.4 Å². The average molecular weight is 495 g/mol. The Morgan fingerprint density at radius 2 is 1.74 bits per heavy atom. The van der Waals surface area contributed by atoms with Crippen LogP contribution in [0.1, 0.15) is 11.1 Å². The van der Waals surface area contributed by atoms with Gasteiger partial charge in [-0.3, -0.25) is 4.79 Å². The molecule has 1 aliphatic heterocycles. The van der Waals surface area contributed by atoms with Crippen molar-refractivity contribution in [1.29, 1.82) is 0 Å². The Morgan fingerprint density at radius 3 is 2.35 bits per heavy atom. The predicted octanol–water partition coefficient (Wildman–Crippen LogP) is 5.99. The molecule has 0 saturated carbocycles. The standard InChI is InChI=1S/C21H20Cl2F4N2OS/c1-13-8-17(24)18(11-19(13)31-12-21(25,26)27)28-4-6-29(7-5-28)20(30)10-14-2-3-15(22)16(23)9-14/h2-3,8-9,11H,4-7,10,12H2,1H3. The van der Waals surface area contributed by atoms with Gasteiger partial charge in [0.1, 0.15) is 5.82 Å². The zero-order chi connectivity index (χ0) is 22.8. The molecule has 10 heteroatoms. The summed E-state index contributed by atoms with van der Waals surface area (Å²) in [5.41, 5.74) is 1.47. The van der Waals surface area contributed by atoms with Crippen molar-refractivity contribution in [2.24, 2.45) is 0 Å². The van der Waals surface area contributed by atoms with Crippen molar-refractivity contribution in [3.8, 4) is 0 Å². The highest BCUT2D eigenvalue weighted by Crippen LogP contribution is 2.34. The van der Waals surface area contributed by atoms with Crippen LogP contribution in [0.2, 0.25) is 10.0 Å². The number of carbonyl (C=O) groups is 1. The van der Waals surface area contributed by atoms with Gasteiger partial charge in [-0.1, -0.05) is 29.3 Å². The third-order valence-corrected chi connectivity index (χ3v) is 6.91. The molecule has 0 atom stereocenters. The highest BCUT2D eigenvalue weighted by Gasteiger charge is 2.28. The van der Waals surface area contributed by atoms with Gasteiger partial charge >= 0.3 is 6.18 Å². The number of thioether (sulfide) groups is 1. The molecule has 0 bridgehead atoms. The monoisotopic (exact) mass is 494 g/mol. The molecule has 1 aliphatic rings. The summed E-state index contributed by atoms with van der Waals surface area (Å²) in [6.07, 6.45) is -4.13. The molecule has 3 rings (SSSR count). The van der Waals surface area contributed by atoms with E-state index >= 15 is 0 Å². The van der Waals surface area contributed by atoms with Gasteiger partial charge < -0.3 is 9.80 Å². The predicted molar refractivity (Wildman–Crippen MR) is 117 cm³/mol. The highest BCUT2D eigenvalue weighted by atomic mass is 35.5. The number of anilines is 1. The van der Waals surface area contributed by atoms with Crippen molar-refractivity contribution in [3.63, 3.8) is 0 Å². The Balaban J connectivity index is 1.63. The van der Waals surface area contributed by atoms with Gasteiger partial charge in [-0.25, -0.2) is 4.39 Å². The number of amides is 1. The van der Waals surface area contributed by atoms with Crippen LogP contribution in [0.4, 0.5) is 23.2 Å². The fraction of sp³-hybridized carbons (Fsp3) is 0.381. The van der Waals surface area contributed by atoms with Gasteiger partial charge in [-0.2, -0.15) is 13.2 Å². The maximum absolute atomic E-state index is 14.5. The smallest absolute Gasteiger partial charge is 0.366 e. The molecule has 0 aliphatic carbocycles. The van der Waals surface area contributed by atoms with Crippen LogP contribution >= 0.6 is 35.0 Å². The van der Waals surface area contributed by atoms with Crippen LogP contribution < -0.4 is 4.90 Å². The number of aryl methyl sites for hydroxylation is 1. The molecule has 1 saturated heterocycles. The summed E-state index contributed by atoms with van der Waals surface area (Å²) in [5.74, 6) is -1.59. The summed E-state index contributed by atoms with van der Waals surface area (Å²) in [7, 11) is 0. The maximum atomic E-state index is 14.5. The molecule has 0 N–H and O–H groups in total. The Kier molecular flexibility index (Phi) is 7.65. The van der Waals surface area contributed by atoms with E-state index in [4.69, 9.17) is 23.2 Å². The zero-order valence-corrected chi connectivity index (χ0v) is 18.9. The van der Waals surface area contributed by atoms with Crippen LogP contribution in [-0.2, 0) is 11.2 Å². The lowest BCUT2D eigenvalue weighted by molar-refractivity contribution is -0.130. The van der Waals surface area contributed by atoms with Crippen LogP contribution in [0.15, 0.2) is 35.2 Å². The molecule has 2 aromatic rings. The van der Waals surface area contributed by atoms with Gasteiger partial charge in [-0.05, 0) is 42.3 Å². The lowest BCUT2D eigenvalue weighted by Gasteiger charge is -2.36. The molecule has 3 nitrogen and oxygen atoms in total. The number of benzene rings is 2. The number of piperazine rings is 1. The largest absolute Gasteiger partial charge is 0.398 e. The molecule has 168 valence electrons. The van der Waals surface area contributed by atoms with E-state index in [1.807, 2.05) is 0 Å². The van der Waals surface area contributed by atoms with E-state index in [1.165, 1.54) is 12.1 Å². The number of hydrogen-bond donors (Lipinski definition) is 0. The third-order valence-electron chi connectivity index (χ3n) is 4.95. The van der Waals surface area contributed by atoms with Gasteiger partial charge in [0, 0.05) is 31.1 Å². The SMILES string of the molecule is Cc1cc(F)c(N2CCN(C(=O)Cc3ccc(Cl)c(Cl)c3)CC2)cc1SCC(F)(F)F. The number of hydrogen-bond acceptors (Lipinski definition) is 3. The molecule has 31 heavy (non-hydrogen) atoms. The molecular weight excluding hydrogens is 475 g/mol. The Hall–Kier alpha value is -1.64. The van der Waals surface area contributed by atoms with Gasteiger partial charge in [0.15, 0.2) is 0 Å². The van der Waals surface area contributed by atoms with Gasteiger partial charge in [0.05, 0.1) is 27.9 Å². The lowest BCUT2D eigenvalue weighted by Crippen LogP contribution is -2.49. The van der Waals surface area contributed by atoms with E-state index in [9.17, 15) is 22.4 Å². The number of halogens is 6. The summed E-state index contributed by atoms with van der Waals surface area (Å²) in [5, 5.41) is 0.796. The van der Waals surface area contributed by atoms with E-state index in [-0.39, 0.29) is 18.0 Å². The lowest BCUT2D eigenvalue weighted by atomic mass is 10.1. The van der Waals surface area contributed by atoms with Crippen LogP contribution in [0.3, 0.4) is 0 Å². The Labute approximate surface area is 192 Å². The van der Waals surface area contributed by atoms with Crippen LogP contribution in [0.25, 0.3) is 0 Å². The van der Waals surface area contributed by atoms with Gasteiger partial charge in [-0.15, -0.1) is 11.8 Å². The number of nitrogens with zero attached hydrogens (tertiary/aromatic N) is 2. The van der Waals surface area contributed by atoms with Crippen LogP contribution in [0.5, 0.6) is 0 Å². The minimum atomic E-state index is -4.30. The normalized spacial score (nSPS) is 14.8. The molecule has 0 aromatic heterocycles. The third kappa shape index (κ3) is 6.43. The molecule has 0 unspecified atom stereocenters. The first-order chi connectivity index (χ1) is 14.5. The van der Waals surface area contributed by atoms with E-state index < -0.39 is 17.7 Å². The fourth-order valence-electron chi connectivity index (χ4n) is 3.33. The van der Waals surface area contributed by atoms with Crippen LogP contribution in [-0.4, -0.2) is 48.9 Å². The molecule has 0 radical (unpaired) electrons. The quantitative estimate of drug-likeness (QED) is 0.376. The van der Waals surface area contributed by atoms with Gasteiger partial charge in [0.2, 0.25) is 5.91 Å². The Bertz CT molecular complexity index is 963. The minimum Gasteiger partial charge on any atom is -0.366 e. The van der Waals surface area contributed by atoms with Crippen molar-refractivity contribution in [3.05, 3.63) is 57.3 Å². The summed E-state index contributed by atoms with van der Waals surface area (Å²) in [6, 6.07) is 7.76. The maximum Gasteiger partial charge on any atom is 0.398 e. The number of rotatable bonds is 5. The zero-order valence-electron chi connectivity index (χ0n) is 16.6. The van der Waals surface area contributed by atoms with Crippen molar-refractivity contribution >= 4 is 46.6 Å². The van der Waals surface area contributed by atoms with E-state index in [1.54, 1.807) is 34.9 Å². The molecular formula is C21H20Cl2F4N2OS. The highest BCUT2D eigenvalue weighted by molar-refractivity contribution is 7.99. The van der Waals surface area contributed by atoms with Crippen molar-refractivity contribution in [1.82, 2.24) is 4.90 Å². The first-order valence-corrected chi connectivity index (χ1v) is 11.2. The summed E-state index contributed by atoms with van der Waals surface area (Å²) in [4.78, 5) is 16.4. The van der Waals surface area contributed by atoms with E-state index in [0.717, 1.165) is 5.56 Å². The summed E-state index contributed by atoms with van der Waals surface area (Å²) >= 11 is 12.5. The molecule has 1 amide bonds. The Morgan fingerprint density at radius 1 is 1.06 bits per heavy atom. The van der Waals surface area contributed by atoms with Crippen LogP contribution in [0, 0.1) is 12.7 Å². The van der Waals surface area contributed by atoms with E-state index in [0.29, 0.717) is 58.4 Å². The van der Waals surface area contributed by atoms with Crippen molar-refractivity contribution in [2.75, 3.05) is 36.8 Å². The average Bonchev–Trinajstić information content (AvgIpc) is 2.69. The second-order valence-electron chi connectivity index (χ2n) is 7.27. The number of alkyl halides is 3. The summed E-state index contributed by atoms with van der Waals surface area (Å²) < 4.78 is 52.2. The first kappa shape index (κ1) is 24.0. The van der Waals surface area contributed by atoms with E-state index in [2.05, 4.69) is 0 Å². The molecule has 0 spiro atoms. The second kappa shape index (κ2) is 9.88. The minimum absolute atomic E-state index is 0.0798. The molecule has 1 heterocycles.